The molecule has 1 atom stereocenters. The molecule has 2 fully saturated rings. The van der Waals surface area contributed by atoms with Crippen molar-refractivity contribution in [2.24, 2.45) is 0 Å². The Balaban J connectivity index is 0.793. The molecule has 65 heavy (non-hydrogen) atoms. The minimum Gasteiger partial charge on any atom is -0.508 e. The molecule has 16 heteroatoms. The maximum Gasteiger partial charge on any atom is 0.416 e. The molecule has 7 aromatic rings. The molecule has 16 nitrogen and oxygen atoms in total. The van der Waals surface area contributed by atoms with E-state index in [1.54, 1.807) is 41.8 Å². The van der Waals surface area contributed by atoms with Gasteiger partial charge in [0.25, 0.3) is 5.91 Å². The first-order valence-corrected chi connectivity index (χ1v) is 22.0. The van der Waals surface area contributed by atoms with Gasteiger partial charge in [-0.25, -0.2) is 9.78 Å². The van der Waals surface area contributed by atoms with E-state index in [0.29, 0.717) is 86.8 Å². The topological polar surface area (TPSA) is 186 Å². The second-order valence-electron chi connectivity index (χ2n) is 17.0. The Morgan fingerprint density at radius 2 is 1.69 bits per heavy atom. The summed E-state index contributed by atoms with van der Waals surface area (Å²) in [6.07, 6.45) is 7.15. The van der Waals surface area contributed by atoms with E-state index in [0.717, 1.165) is 38.4 Å². The predicted octanol–water partition coefficient (Wildman–Crippen LogP) is 7.67. The Hall–Kier alpha value is -7.62. The van der Waals surface area contributed by atoms with Crippen LogP contribution in [0.1, 0.15) is 79.7 Å². The number of nitrogens with zero attached hydrogens (tertiary/aromatic N) is 7. The largest absolute Gasteiger partial charge is 0.508 e. The Morgan fingerprint density at radius 1 is 0.892 bits per heavy atom. The predicted molar refractivity (Wildman–Crippen MR) is 242 cm³/mol. The molecule has 3 amide bonds. The molecule has 10 rings (SSSR count). The fraction of sp³-hybridized carbons (Fsp3) is 0.306. The van der Waals surface area contributed by atoms with Crippen molar-refractivity contribution >= 4 is 51.0 Å². The van der Waals surface area contributed by atoms with Gasteiger partial charge in [0.15, 0.2) is 11.6 Å². The summed E-state index contributed by atoms with van der Waals surface area (Å²) in [5.74, 6) is 0.329. The third kappa shape index (κ3) is 7.68. The Bertz CT molecular complexity index is 3040. The average Bonchev–Trinajstić information content (AvgIpc) is 4.06. The van der Waals surface area contributed by atoms with Gasteiger partial charge in [0, 0.05) is 85.1 Å². The highest BCUT2D eigenvalue weighted by atomic mass is 16.6. The molecule has 0 radical (unpaired) electrons. The van der Waals surface area contributed by atoms with Crippen molar-refractivity contribution in [3.05, 3.63) is 114 Å². The Labute approximate surface area is 373 Å². The van der Waals surface area contributed by atoms with E-state index < -0.39 is 18.0 Å². The number of fused-ring (bicyclic) bond motifs is 5. The summed E-state index contributed by atoms with van der Waals surface area (Å²) in [7, 11) is 0. The van der Waals surface area contributed by atoms with Crippen molar-refractivity contribution in [2.75, 3.05) is 26.2 Å². The van der Waals surface area contributed by atoms with Gasteiger partial charge in [-0.3, -0.25) is 19.1 Å². The lowest BCUT2D eigenvalue weighted by atomic mass is 9.98. The number of likely N-dealkylation sites (tertiary alicyclic amines) is 2. The third-order valence-corrected chi connectivity index (χ3v) is 12.5. The summed E-state index contributed by atoms with van der Waals surface area (Å²) in [5, 5.41) is 34.7. The quantitative estimate of drug-likeness (QED) is 0.129. The third-order valence-electron chi connectivity index (χ3n) is 12.5. The minimum absolute atomic E-state index is 0.0323. The van der Waals surface area contributed by atoms with Crippen LogP contribution in [0.3, 0.4) is 0 Å². The summed E-state index contributed by atoms with van der Waals surface area (Å²) >= 11 is 0. The van der Waals surface area contributed by atoms with Crippen molar-refractivity contribution in [2.45, 2.75) is 71.1 Å². The lowest BCUT2D eigenvalue weighted by Crippen LogP contribution is -2.51. The zero-order chi connectivity index (χ0) is 44.9. The number of benzene rings is 3. The van der Waals surface area contributed by atoms with Crippen LogP contribution in [0.2, 0.25) is 0 Å². The number of aromatic hydroxyl groups is 2. The first kappa shape index (κ1) is 41.4. The number of aromatic nitrogens is 5. The van der Waals surface area contributed by atoms with Gasteiger partial charge >= 0.3 is 6.09 Å². The van der Waals surface area contributed by atoms with Crippen LogP contribution in [-0.2, 0) is 20.9 Å². The number of ether oxygens (including phenoxy) is 3. The van der Waals surface area contributed by atoms with Crippen molar-refractivity contribution in [1.29, 1.82) is 0 Å². The molecule has 3 aliphatic heterocycles. The van der Waals surface area contributed by atoms with Crippen LogP contribution in [0, 0.1) is 0 Å². The lowest BCUT2D eigenvalue weighted by molar-refractivity contribution is -0.137. The van der Waals surface area contributed by atoms with Gasteiger partial charge in [-0.15, -0.1) is 10.2 Å². The number of pyridine rings is 2. The molecule has 0 bridgehead atoms. The molecule has 332 valence electrons. The van der Waals surface area contributed by atoms with E-state index in [4.69, 9.17) is 19.2 Å². The summed E-state index contributed by atoms with van der Waals surface area (Å²) in [4.78, 5) is 49.3. The van der Waals surface area contributed by atoms with Crippen LogP contribution in [0.5, 0.6) is 17.2 Å². The maximum absolute atomic E-state index is 14.0. The van der Waals surface area contributed by atoms with Crippen LogP contribution in [0.15, 0.2) is 91.5 Å². The van der Waals surface area contributed by atoms with Gasteiger partial charge in [0.1, 0.15) is 42.3 Å². The molecule has 0 aliphatic carbocycles. The molecule has 3 N–H and O–H groups in total. The van der Waals surface area contributed by atoms with Crippen LogP contribution < -0.4 is 10.1 Å². The molecular weight excluding hydrogens is 829 g/mol. The van der Waals surface area contributed by atoms with E-state index in [2.05, 4.69) is 21.6 Å². The second-order valence-corrected chi connectivity index (χ2v) is 17.0. The highest BCUT2D eigenvalue weighted by Gasteiger charge is 2.39. The van der Waals surface area contributed by atoms with Gasteiger partial charge in [-0.2, -0.15) is 0 Å². The number of phenols is 2. The summed E-state index contributed by atoms with van der Waals surface area (Å²) in [6.45, 7) is 7.69. The van der Waals surface area contributed by atoms with E-state index >= 15 is 0 Å². The first-order chi connectivity index (χ1) is 31.5. The molecule has 7 heterocycles. The fourth-order valence-electron chi connectivity index (χ4n) is 9.18. The van der Waals surface area contributed by atoms with Crippen molar-refractivity contribution < 1.29 is 38.8 Å². The molecule has 0 spiro atoms. The number of para-hydroxylation sites is 1. The monoisotopic (exact) mass is 876 g/mol. The Morgan fingerprint density at radius 3 is 2.48 bits per heavy atom. The molecule has 2 saturated heterocycles. The van der Waals surface area contributed by atoms with E-state index in [-0.39, 0.29) is 41.1 Å². The lowest BCUT2D eigenvalue weighted by Gasteiger charge is -2.35. The van der Waals surface area contributed by atoms with Crippen molar-refractivity contribution in [3.63, 3.8) is 0 Å². The zero-order valence-corrected chi connectivity index (χ0v) is 36.2. The van der Waals surface area contributed by atoms with Crippen LogP contribution >= 0.6 is 0 Å². The SMILES string of the molecule is CCNC(=O)c1nnc(-c2cc(C(C)C)c(O)cc2O)n1-c1ccc(OC2CCN(C(=O)C3CCCN3C(=O)OC3=COCc4cn5cc6cc7ccccc7nc6c5cc43)CC2)cc1. The molecule has 0 saturated carbocycles. The number of nitrogens with one attached hydrogen (secondary N) is 1. The molecular formula is C49H48N8O8. The summed E-state index contributed by atoms with van der Waals surface area (Å²) in [6, 6.07) is 21.6. The highest BCUT2D eigenvalue weighted by molar-refractivity contribution is 6.01. The number of carbonyl (C=O) groups is 3. The number of carbonyl (C=O) groups excluding carboxylic acids is 3. The van der Waals surface area contributed by atoms with Gasteiger partial charge in [0.2, 0.25) is 11.7 Å². The number of rotatable bonds is 9. The molecule has 3 aromatic carbocycles. The average molecular weight is 877 g/mol. The molecule has 1 unspecified atom stereocenters. The number of piperidine rings is 1. The standard InChI is InChI=1S/C49H48N8O8/c1-4-50-47(60)46-53-52-45(37-21-35(28(2)3)41(58)23-42(37)59)57(46)32-11-13-33(14-12-32)64-34-15-18-54(19-16-34)48(61)39-10-7-17-56(39)49(62)65-43-27-63-26-31-25-55-24-30-20-29-8-5-6-9-38(29)51-44(30)40(55)22-36(31)43/h5-6,8-9,11-14,20-25,27-28,34,39,58-59H,4,7,10,15-19,26H2,1-3H3,(H,50,60). The zero-order valence-electron chi connectivity index (χ0n) is 36.2. The number of hydrogen-bond donors (Lipinski definition) is 3. The number of hydrogen-bond acceptors (Lipinski definition) is 11. The second kappa shape index (κ2) is 16.8. The van der Waals surface area contributed by atoms with Crippen molar-refractivity contribution in [3.8, 4) is 34.3 Å². The first-order valence-electron chi connectivity index (χ1n) is 22.0. The van der Waals surface area contributed by atoms with Gasteiger partial charge < -0.3 is 39.0 Å². The minimum atomic E-state index is -0.640. The van der Waals surface area contributed by atoms with Crippen LogP contribution in [-0.4, -0.2) is 100 Å². The van der Waals surface area contributed by atoms with Gasteiger partial charge in [-0.05, 0) is 79.8 Å². The van der Waals surface area contributed by atoms with E-state index in [1.165, 1.54) is 17.2 Å². The van der Waals surface area contributed by atoms with Gasteiger partial charge in [-0.1, -0.05) is 32.0 Å². The fourth-order valence-corrected chi connectivity index (χ4v) is 9.18. The molecule has 3 aliphatic rings. The summed E-state index contributed by atoms with van der Waals surface area (Å²) < 4.78 is 21.8. The Kier molecular flexibility index (Phi) is 10.7. The smallest absolute Gasteiger partial charge is 0.416 e. The van der Waals surface area contributed by atoms with E-state index in [1.807, 2.05) is 65.9 Å². The van der Waals surface area contributed by atoms with Crippen molar-refractivity contribution in [1.82, 2.24) is 39.3 Å². The number of phenolic OH excluding ortho intramolecular Hbond substituents is 2. The maximum atomic E-state index is 14.0. The van der Waals surface area contributed by atoms with E-state index in [9.17, 15) is 24.6 Å². The highest BCUT2D eigenvalue weighted by Crippen LogP contribution is 2.39. The van der Waals surface area contributed by atoms with Crippen LogP contribution in [0.25, 0.3) is 50.2 Å². The molecule has 4 aromatic heterocycles. The van der Waals surface area contributed by atoms with Gasteiger partial charge in [0.05, 0.1) is 22.1 Å². The normalized spacial score (nSPS) is 16.5. The summed E-state index contributed by atoms with van der Waals surface area (Å²) in [5.41, 5.74) is 5.73. The number of amides is 3. The van der Waals surface area contributed by atoms with Crippen LogP contribution in [0.4, 0.5) is 4.79 Å².